The Morgan fingerprint density at radius 3 is 2.52 bits per heavy atom. The summed E-state index contributed by atoms with van der Waals surface area (Å²) < 4.78 is 11.4. The summed E-state index contributed by atoms with van der Waals surface area (Å²) in [5, 5.41) is 3.70. The van der Waals surface area contributed by atoms with Crippen LogP contribution in [0.25, 0.3) is 22.6 Å². The highest BCUT2D eigenvalue weighted by molar-refractivity contribution is 6.42. The number of benzene rings is 3. The van der Waals surface area contributed by atoms with Crippen molar-refractivity contribution in [2.24, 2.45) is 0 Å². The van der Waals surface area contributed by atoms with Gasteiger partial charge in [-0.25, -0.2) is 4.98 Å². The molecule has 0 fully saturated rings. The van der Waals surface area contributed by atoms with Gasteiger partial charge in [0.15, 0.2) is 12.2 Å². The lowest BCUT2D eigenvalue weighted by Gasteiger charge is -2.09. The maximum absolute atomic E-state index is 12.3. The number of fused-ring (bicyclic) bond motifs is 1. The van der Waals surface area contributed by atoms with Crippen LogP contribution in [0.2, 0.25) is 10.0 Å². The number of carbonyl (C=O) groups excluding carboxylic acids is 1. The number of halogens is 2. The quantitative estimate of drug-likeness (QED) is 0.342. The predicted octanol–water partition coefficient (Wildman–Crippen LogP) is 6.94. The van der Waals surface area contributed by atoms with E-state index in [1.807, 2.05) is 24.3 Å². The predicted molar refractivity (Wildman–Crippen MR) is 124 cm³/mol. The van der Waals surface area contributed by atoms with Gasteiger partial charge in [0.1, 0.15) is 11.3 Å². The highest BCUT2D eigenvalue weighted by Crippen LogP contribution is 2.30. The fourth-order valence-electron chi connectivity index (χ4n) is 3.05. The second kappa shape index (κ2) is 9.00. The maximum atomic E-state index is 12.3. The van der Waals surface area contributed by atoms with E-state index < -0.39 is 0 Å². The van der Waals surface area contributed by atoms with Gasteiger partial charge in [-0.1, -0.05) is 49.2 Å². The average Bonchev–Trinajstić information content (AvgIpc) is 3.18. The molecule has 5 nitrogen and oxygen atoms in total. The minimum atomic E-state index is -0.263. The molecule has 31 heavy (non-hydrogen) atoms. The molecular weight excluding hydrogens is 435 g/mol. The normalized spacial score (nSPS) is 11.1. The summed E-state index contributed by atoms with van der Waals surface area (Å²) in [6.45, 7) is 4.16. The average molecular weight is 455 g/mol. The van der Waals surface area contributed by atoms with E-state index in [9.17, 15) is 4.79 Å². The van der Waals surface area contributed by atoms with Crippen molar-refractivity contribution in [1.82, 2.24) is 4.98 Å². The highest BCUT2D eigenvalue weighted by atomic mass is 35.5. The van der Waals surface area contributed by atoms with Crippen LogP contribution in [0.4, 0.5) is 5.69 Å². The van der Waals surface area contributed by atoms with Crippen molar-refractivity contribution in [2.75, 3.05) is 11.9 Å². The number of anilines is 1. The van der Waals surface area contributed by atoms with Crippen LogP contribution < -0.4 is 10.1 Å². The fraction of sp³-hybridized carbons (Fsp3) is 0.167. The van der Waals surface area contributed by atoms with E-state index in [0.29, 0.717) is 50.0 Å². The first-order valence-electron chi connectivity index (χ1n) is 9.77. The van der Waals surface area contributed by atoms with Gasteiger partial charge in [-0.2, -0.15) is 0 Å². The lowest BCUT2D eigenvalue weighted by atomic mass is 10.0. The number of aromatic nitrogens is 1. The first kappa shape index (κ1) is 21.2. The molecule has 0 aliphatic rings. The number of hydrogen-bond acceptors (Lipinski definition) is 4. The van der Waals surface area contributed by atoms with Crippen LogP contribution in [0.5, 0.6) is 5.75 Å². The Balaban J connectivity index is 1.42. The van der Waals surface area contributed by atoms with E-state index in [-0.39, 0.29) is 12.5 Å². The van der Waals surface area contributed by atoms with E-state index in [1.54, 1.807) is 36.4 Å². The number of rotatable bonds is 6. The van der Waals surface area contributed by atoms with Gasteiger partial charge in [-0.05, 0) is 60.0 Å². The van der Waals surface area contributed by atoms with Gasteiger partial charge < -0.3 is 14.5 Å². The molecular formula is C24H20Cl2N2O3. The Morgan fingerprint density at radius 2 is 1.81 bits per heavy atom. The van der Waals surface area contributed by atoms with E-state index in [2.05, 4.69) is 24.1 Å². The fourth-order valence-corrected chi connectivity index (χ4v) is 3.35. The minimum Gasteiger partial charge on any atom is -0.484 e. The lowest BCUT2D eigenvalue weighted by Crippen LogP contribution is -2.20. The molecule has 1 amide bonds. The topological polar surface area (TPSA) is 64.4 Å². The number of amides is 1. The van der Waals surface area contributed by atoms with Crippen LogP contribution in [0, 0.1) is 0 Å². The second-order valence-corrected chi connectivity index (χ2v) is 8.21. The molecule has 1 heterocycles. The van der Waals surface area contributed by atoms with Crippen molar-refractivity contribution in [3.63, 3.8) is 0 Å². The second-order valence-electron chi connectivity index (χ2n) is 7.39. The Kier molecular flexibility index (Phi) is 6.16. The first-order valence-corrected chi connectivity index (χ1v) is 10.5. The van der Waals surface area contributed by atoms with Gasteiger partial charge in [-0.3, -0.25) is 4.79 Å². The number of nitrogens with zero attached hydrogens (tertiary/aromatic N) is 1. The summed E-state index contributed by atoms with van der Waals surface area (Å²) in [4.78, 5) is 16.8. The monoisotopic (exact) mass is 454 g/mol. The Labute approximate surface area is 189 Å². The highest BCUT2D eigenvalue weighted by Gasteiger charge is 2.12. The smallest absolute Gasteiger partial charge is 0.262 e. The molecule has 3 aromatic carbocycles. The van der Waals surface area contributed by atoms with Gasteiger partial charge >= 0.3 is 0 Å². The van der Waals surface area contributed by atoms with Gasteiger partial charge in [-0.15, -0.1) is 0 Å². The van der Waals surface area contributed by atoms with Crippen molar-refractivity contribution >= 4 is 45.9 Å². The number of nitrogens with one attached hydrogen (secondary N) is 1. The molecule has 1 aromatic heterocycles. The summed E-state index contributed by atoms with van der Waals surface area (Å²) in [5.41, 5.74) is 3.75. The van der Waals surface area contributed by atoms with Crippen LogP contribution in [0.1, 0.15) is 25.3 Å². The third kappa shape index (κ3) is 5.01. The molecule has 0 saturated carbocycles. The lowest BCUT2D eigenvalue weighted by molar-refractivity contribution is -0.118. The molecule has 0 spiro atoms. The molecule has 0 aliphatic carbocycles. The van der Waals surface area contributed by atoms with Crippen molar-refractivity contribution in [1.29, 1.82) is 0 Å². The third-order valence-electron chi connectivity index (χ3n) is 4.75. The molecule has 0 atom stereocenters. The number of carbonyl (C=O) groups is 1. The zero-order valence-electron chi connectivity index (χ0n) is 17.0. The molecule has 4 aromatic rings. The maximum Gasteiger partial charge on any atom is 0.262 e. The van der Waals surface area contributed by atoms with E-state index in [4.69, 9.17) is 32.4 Å². The molecule has 7 heteroatoms. The molecule has 0 saturated heterocycles. The van der Waals surface area contributed by atoms with E-state index in [0.717, 1.165) is 0 Å². The van der Waals surface area contributed by atoms with E-state index >= 15 is 0 Å². The Bertz CT molecular complexity index is 1230. The summed E-state index contributed by atoms with van der Waals surface area (Å²) >= 11 is 12.0. The zero-order valence-corrected chi connectivity index (χ0v) is 18.5. The minimum absolute atomic E-state index is 0.0909. The van der Waals surface area contributed by atoms with Gasteiger partial charge in [0.05, 0.1) is 10.0 Å². The molecule has 0 bridgehead atoms. The Morgan fingerprint density at radius 1 is 1.03 bits per heavy atom. The van der Waals surface area contributed by atoms with Crippen LogP contribution >= 0.6 is 23.2 Å². The number of oxazole rings is 1. The molecule has 0 aliphatic heterocycles. The molecule has 0 unspecified atom stereocenters. The molecule has 0 radical (unpaired) electrons. The van der Waals surface area contributed by atoms with Crippen LogP contribution in [0.3, 0.4) is 0 Å². The third-order valence-corrected chi connectivity index (χ3v) is 5.49. The summed E-state index contributed by atoms with van der Waals surface area (Å²) in [5.74, 6) is 1.25. The number of ether oxygens (including phenoxy) is 1. The first-order chi connectivity index (χ1) is 14.9. The van der Waals surface area contributed by atoms with Crippen LogP contribution in [-0.4, -0.2) is 17.5 Å². The standard InChI is InChI=1S/C24H20Cl2N2O3/c1-14(2)15-3-7-18(8-4-15)30-13-23(29)27-17-6-10-22-21(12-17)28-24(31-22)16-5-9-19(25)20(26)11-16/h3-12,14H,13H2,1-2H3,(H,27,29). The Hall–Kier alpha value is -3.02. The van der Waals surface area contributed by atoms with Crippen LogP contribution in [0.15, 0.2) is 65.1 Å². The van der Waals surface area contributed by atoms with Crippen molar-refractivity contribution in [3.05, 3.63) is 76.3 Å². The SMILES string of the molecule is CC(C)c1ccc(OCC(=O)Nc2ccc3oc(-c4ccc(Cl)c(Cl)c4)nc3c2)cc1. The molecule has 158 valence electrons. The largest absolute Gasteiger partial charge is 0.484 e. The van der Waals surface area contributed by atoms with Gasteiger partial charge in [0.25, 0.3) is 5.91 Å². The summed E-state index contributed by atoms with van der Waals surface area (Å²) in [6, 6.07) is 18.2. The van der Waals surface area contributed by atoms with Crippen molar-refractivity contribution < 1.29 is 13.9 Å². The summed E-state index contributed by atoms with van der Waals surface area (Å²) in [6.07, 6.45) is 0. The van der Waals surface area contributed by atoms with Gasteiger partial charge in [0, 0.05) is 11.3 Å². The zero-order chi connectivity index (χ0) is 22.0. The van der Waals surface area contributed by atoms with Crippen molar-refractivity contribution in [3.8, 4) is 17.2 Å². The molecule has 1 N–H and O–H groups in total. The number of hydrogen-bond donors (Lipinski definition) is 1. The van der Waals surface area contributed by atoms with Crippen LogP contribution in [-0.2, 0) is 4.79 Å². The van der Waals surface area contributed by atoms with Gasteiger partial charge in [0.2, 0.25) is 5.89 Å². The van der Waals surface area contributed by atoms with Crippen molar-refractivity contribution in [2.45, 2.75) is 19.8 Å². The van der Waals surface area contributed by atoms with E-state index in [1.165, 1.54) is 5.56 Å². The molecule has 4 rings (SSSR count). The summed E-state index contributed by atoms with van der Waals surface area (Å²) in [7, 11) is 0.